The summed E-state index contributed by atoms with van der Waals surface area (Å²) in [6.45, 7) is 2.72. The Morgan fingerprint density at radius 2 is 2.10 bits per heavy atom. The Hall–Kier alpha value is -0.880. The van der Waals surface area contributed by atoms with Crippen LogP contribution in [0, 0.1) is 0 Å². The lowest BCUT2D eigenvalue weighted by Crippen LogP contribution is -2.24. The largest absolute Gasteiger partial charge is 0.466 e. The Kier molecular flexibility index (Phi) is 8.53. The van der Waals surface area contributed by atoms with Crippen LogP contribution in [0.15, 0.2) is 15.9 Å². The summed E-state index contributed by atoms with van der Waals surface area (Å²) >= 11 is 5.12. The molecule has 112 valence electrons. The van der Waals surface area contributed by atoms with Crippen LogP contribution in [0.5, 0.6) is 0 Å². The zero-order valence-corrected chi connectivity index (χ0v) is 14.0. The van der Waals surface area contributed by atoms with Crippen molar-refractivity contribution in [3.8, 4) is 0 Å². The van der Waals surface area contributed by atoms with Crippen molar-refractivity contribution in [2.45, 2.75) is 39.0 Å². The van der Waals surface area contributed by atoms with Crippen LogP contribution in [-0.4, -0.2) is 25.0 Å². The van der Waals surface area contributed by atoms with Crippen LogP contribution in [-0.2, 0) is 20.7 Å². The van der Waals surface area contributed by atoms with Crippen LogP contribution in [0.2, 0.25) is 0 Å². The van der Waals surface area contributed by atoms with Gasteiger partial charge in [0.1, 0.15) is 0 Å². The molecule has 1 aromatic heterocycles. The molecule has 0 fully saturated rings. The molecule has 0 saturated carbocycles. The highest BCUT2D eigenvalue weighted by atomic mass is 79.9. The molecule has 0 saturated heterocycles. The Balaban J connectivity index is 2.02. The smallest absolute Gasteiger partial charge is 0.305 e. The van der Waals surface area contributed by atoms with Gasteiger partial charge in [0, 0.05) is 24.3 Å². The molecule has 1 rings (SSSR count). The van der Waals surface area contributed by atoms with Crippen molar-refractivity contribution in [2.75, 3.05) is 13.2 Å². The fraction of sp³-hybridized carbons (Fsp3) is 0.571. The molecule has 0 unspecified atom stereocenters. The molecular weight excluding hydrogens is 342 g/mol. The van der Waals surface area contributed by atoms with Gasteiger partial charge >= 0.3 is 5.97 Å². The summed E-state index contributed by atoms with van der Waals surface area (Å²) in [5, 5.41) is 2.82. The second kappa shape index (κ2) is 9.94. The van der Waals surface area contributed by atoms with Crippen molar-refractivity contribution in [3.05, 3.63) is 20.8 Å². The number of ether oxygens (including phenoxy) is 1. The fourth-order valence-electron chi connectivity index (χ4n) is 1.69. The van der Waals surface area contributed by atoms with Crippen LogP contribution in [0.1, 0.15) is 37.5 Å². The number of carbonyl (C=O) groups excluding carboxylic acids is 2. The minimum absolute atomic E-state index is 0.0458. The molecular formula is C14H20BrNO3S. The van der Waals surface area contributed by atoms with E-state index in [9.17, 15) is 9.59 Å². The van der Waals surface area contributed by atoms with Crippen molar-refractivity contribution in [3.63, 3.8) is 0 Å². The highest BCUT2D eigenvalue weighted by Crippen LogP contribution is 2.23. The first-order valence-electron chi connectivity index (χ1n) is 6.78. The molecule has 20 heavy (non-hydrogen) atoms. The highest BCUT2D eigenvalue weighted by Gasteiger charge is 2.04. The first-order valence-corrected chi connectivity index (χ1v) is 8.39. The molecule has 4 nitrogen and oxygen atoms in total. The van der Waals surface area contributed by atoms with Crippen molar-refractivity contribution < 1.29 is 14.3 Å². The molecule has 0 spiro atoms. The van der Waals surface area contributed by atoms with E-state index >= 15 is 0 Å². The number of hydrogen-bond acceptors (Lipinski definition) is 4. The highest BCUT2D eigenvalue weighted by molar-refractivity contribution is 9.11. The van der Waals surface area contributed by atoms with E-state index in [1.807, 2.05) is 6.07 Å². The van der Waals surface area contributed by atoms with E-state index in [-0.39, 0.29) is 11.9 Å². The zero-order valence-electron chi connectivity index (χ0n) is 11.6. The number of carbonyl (C=O) groups is 2. The average Bonchev–Trinajstić information content (AvgIpc) is 2.81. The normalized spacial score (nSPS) is 10.3. The first-order chi connectivity index (χ1) is 9.61. The van der Waals surface area contributed by atoms with E-state index in [1.54, 1.807) is 18.3 Å². The van der Waals surface area contributed by atoms with Crippen LogP contribution in [0.3, 0.4) is 0 Å². The van der Waals surface area contributed by atoms with Crippen molar-refractivity contribution >= 4 is 39.1 Å². The molecule has 0 aliphatic carbocycles. The van der Waals surface area contributed by atoms with Gasteiger partial charge in [-0.25, -0.2) is 0 Å². The molecule has 0 aliphatic heterocycles. The van der Waals surface area contributed by atoms with Gasteiger partial charge in [-0.3, -0.25) is 9.59 Å². The van der Waals surface area contributed by atoms with Crippen molar-refractivity contribution in [1.29, 1.82) is 0 Å². The lowest BCUT2D eigenvalue weighted by Gasteiger charge is -2.05. The quantitative estimate of drug-likeness (QED) is 0.542. The molecule has 0 bridgehead atoms. The average molecular weight is 362 g/mol. The number of rotatable bonds is 9. The van der Waals surface area contributed by atoms with Gasteiger partial charge in [-0.15, -0.1) is 11.3 Å². The number of esters is 1. The SMILES string of the molecule is CCOC(=O)CCCNC(=O)CCCc1ccc(Br)s1. The van der Waals surface area contributed by atoms with Gasteiger partial charge in [0.25, 0.3) is 0 Å². The lowest BCUT2D eigenvalue weighted by molar-refractivity contribution is -0.143. The molecule has 6 heteroatoms. The summed E-state index contributed by atoms with van der Waals surface area (Å²) in [4.78, 5) is 23.9. The van der Waals surface area contributed by atoms with E-state index in [0.717, 1.165) is 16.6 Å². The van der Waals surface area contributed by atoms with Gasteiger partial charge in [0.05, 0.1) is 10.4 Å². The Morgan fingerprint density at radius 1 is 1.30 bits per heavy atom. The van der Waals surface area contributed by atoms with Crippen molar-refractivity contribution in [1.82, 2.24) is 5.32 Å². The minimum atomic E-state index is -0.204. The first kappa shape index (κ1) is 17.2. The third-order valence-electron chi connectivity index (χ3n) is 2.64. The molecule has 0 radical (unpaired) electrons. The molecule has 1 amide bonds. The number of amides is 1. The molecule has 1 aromatic rings. The predicted molar refractivity (Wildman–Crippen MR) is 83.8 cm³/mol. The van der Waals surface area contributed by atoms with Crippen LogP contribution in [0.4, 0.5) is 0 Å². The number of hydrogen-bond donors (Lipinski definition) is 1. The fourth-order valence-corrected chi connectivity index (χ4v) is 3.22. The van der Waals surface area contributed by atoms with Gasteiger partial charge in [0.2, 0.25) is 5.91 Å². The number of aryl methyl sites for hydroxylation is 1. The summed E-state index contributed by atoms with van der Waals surface area (Å²) < 4.78 is 5.93. The second-order valence-corrected chi connectivity index (χ2v) is 6.87. The summed E-state index contributed by atoms with van der Waals surface area (Å²) in [5.74, 6) is -0.158. The monoisotopic (exact) mass is 361 g/mol. The van der Waals surface area contributed by atoms with E-state index in [4.69, 9.17) is 4.74 Å². The van der Waals surface area contributed by atoms with Gasteiger partial charge in [-0.05, 0) is 54.2 Å². The zero-order chi connectivity index (χ0) is 14.8. The molecule has 0 aliphatic rings. The maximum Gasteiger partial charge on any atom is 0.305 e. The van der Waals surface area contributed by atoms with E-state index in [1.165, 1.54) is 4.88 Å². The number of nitrogens with one attached hydrogen (secondary N) is 1. The lowest BCUT2D eigenvalue weighted by atomic mass is 10.2. The maximum absolute atomic E-state index is 11.6. The van der Waals surface area contributed by atoms with Gasteiger partial charge in [0.15, 0.2) is 0 Å². The molecule has 0 aromatic carbocycles. The summed E-state index contributed by atoms with van der Waals surface area (Å²) in [5.41, 5.74) is 0. The van der Waals surface area contributed by atoms with Crippen LogP contribution in [0.25, 0.3) is 0 Å². The summed E-state index contributed by atoms with van der Waals surface area (Å²) in [6, 6.07) is 4.10. The molecule has 1 heterocycles. The van der Waals surface area contributed by atoms with Crippen LogP contribution >= 0.6 is 27.3 Å². The van der Waals surface area contributed by atoms with Gasteiger partial charge in [-0.2, -0.15) is 0 Å². The molecule has 1 N–H and O–H groups in total. The Morgan fingerprint density at radius 3 is 2.75 bits per heavy atom. The minimum Gasteiger partial charge on any atom is -0.466 e. The predicted octanol–water partition coefficient (Wildman–Crippen LogP) is 3.29. The number of thiophene rings is 1. The van der Waals surface area contributed by atoms with E-state index in [0.29, 0.717) is 32.4 Å². The third kappa shape index (κ3) is 7.65. The van der Waals surface area contributed by atoms with Gasteiger partial charge < -0.3 is 10.1 Å². The van der Waals surface area contributed by atoms with E-state index < -0.39 is 0 Å². The summed E-state index contributed by atoms with van der Waals surface area (Å²) in [7, 11) is 0. The maximum atomic E-state index is 11.6. The van der Waals surface area contributed by atoms with Crippen molar-refractivity contribution in [2.24, 2.45) is 0 Å². The Bertz CT molecular complexity index is 434. The van der Waals surface area contributed by atoms with Gasteiger partial charge in [-0.1, -0.05) is 0 Å². The number of halogens is 1. The topological polar surface area (TPSA) is 55.4 Å². The van der Waals surface area contributed by atoms with E-state index in [2.05, 4.69) is 27.3 Å². The van der Waals surface area contributed by atoms with Crippen LogP contribution < -0.4 is 5.32 Å². The standard InChI is InChI=1S/C14H20BrNO3S/c1-2-19-14(18)7-4-10-16-13(17)6-3-5-11-8-9-12(15)20-11/h8-9H,2-7,10H2,1H3,(H,16,17). The summed E-state index contributed by atoms with van der Waals surface area (Å²) in [6.07, 6.45) is 3.28. The third-order valence-corrected chi connectivity index (χ3v) is 4.32. The second-order valence-electron chi connectivity index (χ2n) is 4.32. The Labute approximate surface area is 132 Å². The molecule has 0 atom stereocenters.